The van der Waals surface area contributed by atoms with Gasteiger partial charge in [0, 0.05) is 11.0 Å². The van der Waals surface area contributed by atoms with E-state index < -0.39 is 5.78 Å². The second-order valence-electron chi connectivity index (χ2n) is 5.67. The molecule has 0 atom stereocenters. The third-order valence-corrected chi connectivity index (χ3v) is 4.86. The Morgan fingerprint density at radius 2 is 1.96 bits per heavy atom. The summed E-state index contributed by atoms with van der Waals surface area (Å²) in [6, 6.07) is 13.6. The number of hydrogen-bond acceptors (Lipinski definition) is 6. The van der Waals surface area contributed by atoms with E-state index in [0.29, 0.717) is 25.5 Å². The van der Waals surface area contributed by atoms with E-state index in [1.54, 1.807) is 24.3 Å². The summed E-state index contributed by atoms with van der Waals surface area (Å²) in [7, 11) is 0. The van der Waals surface area contributed by atoms with E-state index in [-0.39, 0.29) is 28.2 Å². The fourth-order valence-electron chi connectivity index (χ4n) is 2.78. The molecule has 0 fully saturated rings. The molecule has 2 aromatic carbocycles. The van der Waals surface area contributed by atoms with Gasteiger partial charge in [-0.1, -0.05) is 36.0 Å². The second-order valence-corrected chi connectivity index (χ2v) is 6.60. The maximum Gasteiger partial charge on any atom is 0.325 e. The molecule has 0 N–H and O–H groups in total. The minimum Gasteiger partial charge on any atom is -0.805 e. The molecule has 0 aliphatic rings. The minimum absolute atomic E-state index is 0.0613. The number of rotatable bonds is 4. The number of benzene rings is 2. The van der Waals surface area contributed by atoms with Crippen molar-refractivity contribution in [3.05, 3.63) is 70.0 Å². The number of nitrogens with zero attached hydrogens (tertiary/aromatic N) is 3. The van der Waals surface area contributed by atoms with Gasteiger partial charge in [0.1, 0.15) is 11.0 Å². The number of carbonyl (C=O) groups is 1. The summed E-state index contributed by atoms with van der Waals surface area (Å²) in [5.41, 5.74) is 1.61. The Balaban J connectivity index is 1.67. The number of aromatic nitrogens is 3. The van der Waals surface area contributed by atoms with Crippen molar-refractivity contribution in [1.82, 2.24) is 9.71 Å². The molecule has 0 amide bonds. The highest BCUT2D eigenvalue weighted by atomic mass is 32.2. The number of ketones is 1. The SMILES string of the molecule is Cc1c(C(=O)CSc2nc3ccccc3o2)[n+](=O)c2ccccc2n1[O-]. The predicted octanol–water partition coefficient (Wildman–Crippen LogP) is 3.33. The number of hydrogen-bond donors (Lipinski definition) is 0. The van der Waals surface area contributed by atoms with Crippen LogP contribution in [0.4, 0.5) is 0 Å². The monoisotopic (exact) mass is 367 g/mol. The van der Waals surface area contributed by atoms with E-state index in [4.69, 9.17) is 4.42 Å². The van der Waals surface area contributed by atoms with Gasteiger partial charge in [0.2, 0.25) is 5.78 Å². The zero-order chi connectivity index (χ0) is 18.3. The summed E-state index contributed by atoms with van der Waals surface area (Å²) in [5, 5.41) is 12.7. The fraction of sp³-hybridized carbons (Fsp3) is 0.111. The summed E-state index contributed by atoms with van der Waals surface area (Å²) in [5.74, 6) is -0.519. The van der Waals surface area contributed by atoms with E-state index in [2.05, 4.69) is 4.98 Å². The van der Waals surface area contributed by atoms with Crippen molar-refractivity contribution in [3.63, 3.8) is 0 Å². The molecule has 4 rings (SSSR count). The molecular formula is C18H13N3O4S. The van der Waals surface area contributed by atoms with Gasteiger partial charge < -0.3 is 14.4 Å². The van der Waals surface area contributed by atoms with Gasteiger partial charge in [0.15, 0.2) is 5.58 Å². The molecule has 0 saturated carbocycles. The van der Waals surface area contributed by atoms with Gasteiger partial charge in [-0.05, 0) is 25.1 Å². The van der Waals surface area contributed by atoms with Crippen LogP contribution in [0.2, 0.25) is 0 Å². The average Bonchev–Trinajstić information content (AvgIpc) is 3.08. The standard InChI is InChI=1S/C18H13N3O4S/c1-11-17(21(24)14-8-4-3-7-13(14)20(11)23)15(22)10-26-18-19-12-6-2-5-9-16(12)25-18/h2-9H,10H2,1H3. The largest absolute Gasteiger partial charge is 0.805 e. The molecule has 130 valence electrons. The Morgan fingerprint density at radius 1 is 1.23 bits per heavy atom. The number of Topliss-reactive ketones (excluding diaryl/α,β-unsaturated/α-hetero) is 1. The number of fused-ring (bicyclic) bond motifs is 2. The molecule has 8 heteroatoms. The van der Waals surface area contributed by atoms with Crippen molar-refractivity contribution in [2.75, 3.05) is 5.75 Å². The molecule has 26 heavy (non-hydrogen) atoms. The van der Waals surface area contributed by atoms with Crippen molar-refractivity contribution in [2.24, 2.45) is 0 Å². The van der Waals surface area contributed by atoms with Gasteiger partial charge in [0.05, 0.1) is 15.9 Å². The first kappa shape index (κ1) is 16.3. The Labute approximate surface area is 151 Å². The Bertz CT molecular complexity index is 1180. The molecule has 4 aromatic rings. The number of para-hydroxylation sites is 4. The summed E-state index contributed by atoms with van der Waals surface area (Å²) in [4.78, 5) is 29.5. The van der Waals surface area contributed by atoms with Crippen LogP contribution in [0.3, 0.4) is 0 Å². The predicted molar refractivity (Wildman–Crippen MR) is 97.9 cm³/mol. The number of carbonyl (C=O) groups excluding carboxylic acids is 1. The lowest BCUT2D eigenvalue weighted by molar-refractivity contribution is -0.468. The maximum atomic E-state index is 12.6. The van der Waals surface area contributed by atoms with Crippen LogP contribution < -0.4 is 4.43 Å². The summed E-state index contributed by atoms with van der Waals surface area (Å²) < 4.78 is 6.69. The topological polar surface area (TPSA) is 94.1 Å². The van der Waals surface area contributed by atoms with Crippen molar-refractivity contribution in [3.8, 4) is 0 Å². The first-order chi connectivity index (χ1) is 12.6. The van der Waals surface area contributed by atoms with E-state index in [1.807, 2.05) is 18.2 Å². The van der Waals surface area contributed by atoms with Crippen LogP contribution in [0.1, 0.15) is 16.2 Å². The molecule has 0 aliphatic heterocycles. The molecule has 2 heterocycles. The smallest absolute Gasteiger partial charge is 0.325 e. The lowest BCUT2D eigenvalue weighted by atomic mass is 10.2. The third kappa shape index (κ3) is 2.64. The zero-order valence-corrected chi connectivity index (χ0v) is 14.5. The molecule has 0 spiro atoms. The van der Waals surface area contributed by atoms with Gasteiger partial charge in [-0.3, -0.25) is 4.79 Å². The van der Waals surface area contributed by atoms with Crippen LogP contribution in [0.15, 0.2) is 58.2 Å². The highest BCUT2D eigenvalue weighted by Gasteiger charge is 2.27. The molecule has 0 aliphatic carbocycles. The van der Waals surface area contributed by atoms with Gasteiger partial charge in [-0.2, -0.15) is 0 Å². The quantitative estimate of drug-likeness (QED) is 0.312. The van der Waals surface area contributed by atoms with Crippen molar-refractivity contribution < 1.29 is 13.6 Å². The van der Waals surface area contributed by atoms with E-state index >= 15 is 0 Å². The van der Waals surface area contributed by atoms with Crippen LogP contribution in [0.5, 0.6) is 0 Å². The second kappa shape index (κ2) is 6.30. The van der Waals surface area contributed by atoms with Gasteiger partial charge in [-0.15, -0.1) is 0 Å². The summed E-state index contributed by atoms with van der Waals surface area (Å²) in [6.45, 7) is 1.46. The Morgan fingerprint density at radius 3 is 2.77 bits per heavy atom. The van der Waals surface area contributed by atoms with Crippen LogP contribution in [0, 0.1) is 17.0 Å². The molecule has 2 aromatic heterocycles. The zero-order valence-electron chi connectivity index (χ0n) is 13.7. The van der Waals surface area contributed by atoms with Crippen LogP contribution in [-0.4, -0.2) is 21.3 Å². The molecule has 0 radical (unpaired) electrons. The molecule has 7 nitrogen and oxygen atoms in total. The van der Waals surface area contributed by atoms with E-state index in [9.17, 15) is 14.9 Å². The van der Waals surface area contributed by atoms with Crippen LogP contribution >= 0.6 is 11.8 Å². The Hall–Kier alpha value is -3.13. The van der Waals surface area contributed by atoms with Crippen molar-refractivity contribution in [2.45, 2.75) is 12.1 Å². The molecule has 0 bridgehead atoms. The highest BCUT2D eigenvalue weighted by molar-refractivity contribution is 7.99. The van der Waals surface area contributed by atoms with Crippen molar-refractivity contribution >= 4 is 39.7 Å². The highest BCUT2D eigenvalue weighted by Crippen LogP contribution is 2.24. The first-order valence-corrected chi connectivity index (χ1v) is 8.81. The first-order valence-electron chi connectivity index (χ1n) is 7.82. The Kier molecular flexibility index (Phi) is 3.96. The van der Waals surface area contributed by atoms with E-state index in [1.165, 1.54) is 13.0 Å². The van der Waals surface area contributed by atoms with E-state index in [0.717, 1.165) is 11.8 Å². The lowest BCUT2D eigenvalue weighted by Gasteiger charge is -2.15. The normalized spacial score (nSPS) is 11.3. The van der Waals surface area contributed by atoms with Crippen LogP contribution in [0.25, 0.3) is 22.1 Å². The van der Waals surface area contributed by atoms with Gasteiger partial charge in [-0.25, -0.2) is 4.98 Å². The fourth-order valence-corrected chi connectivity index (χ4v) is 3.48. The van der Waals surface area contributed by atoms with Gasteiger partial charge >= 0.3 is 5.69 Å². The summed E-state index contributed by atoms with van der Waals surface area (Å²) >= 11 is 1.09. The molecule has 0 unspecified atom stereocenters. The number of oxazole rings is 1. The minimum atomic E-state index is -0.458. The third-order valence-electron chi connectivity index (χ3n) is 4.03. The molecule has 0 saturated heterocycles. The lowest BCUT2D eigenvalue weighted by Crippen LogP contribution is -2.31. The van der Waals surface area contributed by atoms with Crippen molar-refractivity contribution in [1.29, 1.82) is 0 Å². The molecular weight excluding hydrogens is 354 g/mol. The van der Waals surface area contributed by atoms with Gasteiger partial charge in [0.25, 0.3) is 10.7 Å². The maximum absolute atomic E-state index is 12.6. The number of thioether (sulfide) groups is 1. The average molecular weight is 367 g/mol. The van der Waals surface area contributed by atoms with Crippen LogP contribution in [-0.2, 0) is 0 Å². The summed E-state index contributed by atoms with van der Waals surface area (Å²) in [6.07, 6.45) is 0.